The van der Waals surface area contributed by atoms with Crippen LogP contribution >= 0.6 is 0 Å². The summed E-state index contributed by atoms with van der Waals surface area (Å²) in [6, 6.07) is 0. The summed E-state index contributed by atoms with van der Waals surface area (Å²) < 4.78 is 0. The molecule has 0 heterocycles. The molecule has 0 bridgehead atoms. The second-order valence-corrected chi connectivity index (χ2v) is 7.30. The molecule has 0 rings (SSSR count). The van der Waals surface area contributed by atoms with Gasteiger partial charge in [-0.15, -0.1) is 0 Å². The van der Waals surface area contributed by atoms with Gasteiger partial charge in [-0.3, -0.25) is 9.59 Å². The quantitative estimate of drug-likeness (QED) is 0.160. The standard InChI is InChI=1S/C19H39.C3H4O4.K.Li.H/c1-4-6-8-9-10-11-12-13-14-16-18-19(3)17-15-7-5-2;4-2(5)1-3(6)7;;;/h19H,3-18H2,1-2H3;1H2,(H,4,5)(H,6,7);;;/q-1;;2*+1;-1. The summed E-state index contributed by atoms with van der Waals surface area (Å²) in [5.41, 5.74) is 0. The Kier molecular flexibility index (Phi) is 39.6. The summed E-state index contributed by atoms with van der Waals surface area (Å²) >= 11 is 0. The first-order valence-electron chi connectivity index (χ1n) is 10.7. The first kappa shape index (κ1) is 36.5. The van der Waals surface area contributed by atoms with Gasteiger partial charge < -0.3 is 18.6 Å². The molecular formula is C22H44KLiO4. The van der Waals surface area contributed by atoms with Crippen molar-refractivity contribution in [2.45, 2.75) is 117 Å². The smallest absolute Gasteiger partial charge is 1.00 e. The van der Waals surface area contributed by atoms with E-state index in [2.05, 4.69) is 20.8 Å². The SMILES string of the molecule is O=C(O)CC(=O)O.[CH2-]C(CCCCC)CCCCCCCCCCCC.[H-].[K+].[Li+]. The first-order valence-corrected chi connectivity index (χ1v) is 10.7. The van der Waals surface area contributed by atoms with Gasteiger partial charge in [0.1, 0.15) is 6.42 Å². The maximum absolute atomic E-state index is 9.43. The van der Waals surface area contributed by atoms with E-state index in [9.17, 15) is 9.59 Å². The van der Waals surface area contributed by atoms with Crippen molar-refractivity contribution in [2.24, 2.45) is 5.92 Å². The molecule has 0 spiro atoms. The average molecular weight is 419 g/mol. The number of hydrogen-bond donors (Lipinski definition) is 2. The molecule has 1 unspecified atom stereocenters. The Morgan fingerprint density at radius 2 is 1.00 bits per heavy atom. The van der Waals surface area contributed by atoms with Gasteiger partial charge in [-0.1, -0.05) is 110 Å². The second-order valence-electron chi connectivity index (χ2n) is 7.30. The average Bonchev–Trinajstić information content (AvgIpc) is 2.56. The Bertz CT molecular complexity index is 322. The Morgan fingerprint density at radius 1 is 0.714 bits per heavy atom. The van der Waals surface area contributed by atoms with Gasteiger partial charge >= 0.3 is 82.2 Å². The van der Waals surface area contributed by atoms with E-state index in [0.717, 1.165) is 5.92 Å². The van der Waals surface area contributed by atoms with Crippen molar-refractivity contribution in [3.05, 3.63) is 6.92 Å². The number of hydrogen-bond acceptors (Lipinski definition) is 2. The van der Waals surface area contributed by atoms with Gasteiger partial charge in [0.2, 0.25) is 0 Å². The van der Waals surface area contributed by atoms with E-state index in [0.29, 0.717) is 0 Å². The molecule has 0 aromatic rings. The summed E-state index contributed by atoms with van der Waals surface area (Å²) in [6.45, 7) is 8.85. The predicted octanol–water partition coefficient (Wildman–Crippen LogP) is 0.994. The van der Waals surface area contributed by atoms with E-state index >= 15 is 0 Å². The number of carboxylic acid groups (broad SMARTS) is 2. The normalized spacial score (nSPS) is 10.7. The minimum Gasteiger partial charge on any atom is -1.00 e. The Hall–Kier alpha value is 1.17. The third-order valence-corrected chi connectivity index (χ3v) is 4.48. The topological polar surface area (TPSA) is 74.6 Å². The van der Waals surface area contributed by atoms with Gasteiger partial charge in [0, 0.05) is 0 Å². The van der Waals surface area contributed by atoms with Crippen LogP contribution in [0.25, 0.3) is 0 Å². The molecule has 0 radical (unpaired) electrons. The van der Waals surface area contributed by atoms with E-state index in [-0.39, 0.29) is 71.7 Å². The van der Waals surface area contributed by atoms with Crippen molar-refractivity contribution >= 4 is 11.9 Å². The van der Waals surface area contributed by atoms with Crippen molar-refractivity contribution in [1.82, 2.24) is 0 Å². The van der Waals surface area contributed by atoms with E-state index in [4.69, 9.17) is 10.2 Å². The van der Waals surface area contributed by atoms with Crippen LogP contribution in [0.5, 0.6) is 0 Å². The van der Waals surface area contributed by atoms with Crippen molar-refractivity contribution in [3.63, 3.8) is 0 Å². The van der Waals surface area contributed by atoms with Crippen LogP contribution in [0.3, 0.4) is 0 Å². The molecule has 0 aliphatic carbocycles. The molecule has 0 aliphatic heterocycles. The van der Waals surface area contributed by atoms with Crippen LogP contribution in [0.4, 0.5) is 0 Å². The van der Waals surface area contributed by atoms with Crippen LogP contribution in [-0.2, 0) is 9.59 Å². The van der Waals surface area contributed by atoms with Crippen molar-refractivity contribution in [2.75, 3.05) is 0 Å². The fraction of sp³-hybridized carbons (Fsp3) is 0.864. The molecule has 0 aromatic carbocycles. The van der Waals surface area contributed by atoms with Gasteiger partial charge in [-0.05, 0) is 0 Å². The summed E-state index contributed by atoms with van der Waals surface area (Å²) in [6.07, 6.45) is 20.5. The zero-order valence-corrected chi connectivity index (χ0v) is 22.4. The van der Waals surface area contributed by atoms with Gasteiger partial charge in [0.15, 0.2) is 0 Å². The summed E-state index contributed by atoms with van der Waals surface area (Å²) in [7, 11) is 0. The summed E-state index contributed by atoms with van der Waals surface area (Å²) in [5.74, 6) is -1.90. The fourth-order valence-corrected chi connectivity index (χ4v) is 2.88. The third kappa shape index (κ3) is 37.9. The van der Waals surface area contributed by atoms with Crippen LogP contribution < -0.4 is 70.2 Å². The van der Waals surface area contributed by atoms with E-state index in [1.54, 1.807) is 0 Å². The number of rotatable bonds is 17. The van der Waals surface area contributed by atoms with E-state index in [1.165, 1.54) is 96.3 Å². The van der Waals surface area contributed by atoms with E-state index in [1.807, 2.05) is 0 Å². The third-order valence-electron chi connectivity index (χ3n) is 4.48. The molecular weight excluding hydrogens is 374 g/mol. The van der Waals surface area contributed by atoms with Crippen molar-refractivity contribution in [1.29, 1.82) is 0 Å². The maximum atomic E-state index is 9.43. The van der Waals surface area contributed by atoms with Gasteiger partial charge in [0.05, 0.1) is 0 Å². The Morgan fingerprint density at radius 3 is 1.32 bits per heavy atom. The molecule has 0 aliphatic rings. The number of carbonyl (C=O) groups is 2. The van der Waals surface area contributed by atoms with Gasteiger partial charge in [-0.25, -0.2) is 0 Å². The zero-order chi connectivity index (χ0) is 20.0. The summed E-state index contributed by atoms with van der Waals surface area (Å²) in [4.78, 5) is 18.9. The molecule has 28 heavy (non-hydrogen) atoms. The second kappa shape index (κ2) is 30.4. The molecule has 6 heteroatoms. The minimum absolute atomic E-state index is 0. The first-order chi connectivity index (χ1) is 12.4. The van der Waals surface area contributed by atoms with Crippen LogP contribution in [0.1, 0.15) is 118 Å². The number of carboxylic acids is 2. The minimum atomic E-state index is -1.31. The van der Waals surface area contributed by atoms with Gasteiger partial charge in [-0.2, -0.15) is 5.92 Å². The van der Waals surface area contributed by atoms with Crippen molar-refractivity contribution < 1.29 is 91.5 Å². The molecule has 1 atom stereocenters. The number of unbranched alkanes of at least 4 members (excludes halogenated alkanes) is 11. The van der Waals surface area contributed by atoms with Crippen LogP contribution in [-0.4, -0.2) is 22.2 Å². The zero-order valence-electron chi connectivity index (χ0n) is 20.3. The predicted molar refractivity (Wildman–Crippen MR) is 110 cm³/mol. The fourth-order valence-electron chi connectivity index (χ4n) is 2.88. The molecule has 2 N–H and O–H groups in total. The molecule has 0 fully saturated rings. The van der Waals surface area contributed by atoms with Crippen molar-refractivity contribution in [3.8, 4) is 0 Å². The van der Waals surface area contributed by atoms with Crippen LogP contribution in [0.15, 0.2) is 0 Å². The van der Waals surface area contributed by atoms with E-state index < -0.39 is 18.4 Å². The molecule has 0 amide bonds. The Balaban J connectivity index is -0.000000166. The van der Waals surface area contributed by atoms with Crippen LogP contribution in [0, 0.1) is 12.8 Å². The Labute approximate surface area is 230 Å². The maximum Gasteiger partial charge on any atom is 1.00 e. The monoisotopic (exact) mass is 418 g/mol. The van der Waals surface area contributed by atoms with Gasteiger partial charge in [0.25, 0.3) is 0 Å². The molecule has 4 nitrogen and oxygen atoms in total. The molecule has 158 valence electrons. The van der Waals surface area contributed by atoms with Crippen LogP contribution in [0.2, 0.25) is 0 Å². The summed E-state index contributed by atoms with van der Waals surface area (Å²) in [5, 5.41) is 15.4. The molecule has 0 aromatic heterocycles. The molecule has 0 saturated carbocycles. The largest absolute Gasteiger partial charge is 1.00 e. The molecule has 0 saturated heterocycles. The number of aliphatic carboxylic acids is 2.